The number of carbonyl (C=O) groups is 1. The summed E-state index contributed by atoms with van der Waals surface area (Å²) in [5.74, 6) is 0.252. The Labute approximate surface area is 128 Å². The largest absolute Gasteiger partial charge is 0.294 e. The van der Waals surface area contributed by atoms with Gasteiger partial charge in [0.1, 0.15) is 0 Å². The molecule has 0 saturated carbocycles. The summed E-state index contributed by atoms with van der Waals surface area (Å²) in [7, 11) is 0. The van der Waals surface area contributed by atoms with E-state index in [1.165, 1.54) is 23.1 Å². The Morgan fingerprint density at radius 3 is 1.90 bits per heavy atom. The van der Waals surface area contributed by atoms with Crippen molar-refractivity contribution in [2.24, 2.45) is 0 Å². The van der Waals surface area contributed by atoms with Crippen LogP contribution in [0.3, 0.4) is 0 Å². The van der Waals surface area contributed by atoms with Crippen LogP contribution in [0.5, 0.6) is 0 Å². The van der Waals surface area contributed by atoms with Gasteiger partial charge in [-0.15, -0.1) is 0 Å². The maximum absolute atomic E-state index is 12.0. The van der Waals surface area contributed by atoms with Crippen LogP contribution in [0, 0.1) is 0 Å². The number of hydrogen-bond acceptors (Lipinski definition) is 1. The highest BCUT2D eigenvalue weighted by molar-refractivity contribution is 5.96. The third-order valence-electron chi connectivity index (χ3n) is 3.79. The summed E-state index contributed by atoms with van der Waals surface area (Å²) in [4.78, 5) is 12.0. The van der Waals surface area contributed by atoms with Crippen LogP contribution < -0.4 is 0 Å². The van der Waals surface area contributed by atoms with Gasteiger partial charge in [-0.2, -0.15) is 0 Å². The first-order valence-corrected chi connectivity index (χ1v) is 7.97. The fourth-order valence-electron chi connectivity index (χ4n) is 2.48. The monoisotopic (exact) mass is 280 g/mol. The van der Waals surface area contributed by atoms with E-state index < -0.39 is 0 Å². The van der Waals surface area contributed by atoms with Crippen LogP contribution in [-0.4, -0.2) is 5.78 Å². The van der Waals surface area contributed by atoms with Gasteiger partial charge in [0.2, 0.25) is 0 Å². The second-order valence-corrected chi connectivity index (χ2v) is 5.55. The maximum atomic E-state index is 12.0. The highest BCUT2D eigenvalue weighted by atomic mass is 16.1. The van der Waals surface area contributed by atoms with E-state index in [4.69, 9.17) is 0 Å². The summed E-state index contributed by atoms with van der Waals surface area (Å²) < 4.78 is 0. The quantitative estimate of drug-likeness (QED) is 0.596. The second kappa shape index (κ2) is 7.78. The third-order valence-corrected chi connectivity index (χ3v) is 3.79. The molecule has 2 aromatic rings. The molecule has 0 radical (unpaired) electrons. The summed E-state index contributed by atoms with van der Waals surface area (Å²) in [5.41, 5.74) is 4.59. The molecule has 0 amide bonds. The van der Waals surface area contributed by atoms with Gasteiger partial charge in [0.25, 0.3) is 0 Å². The van der Waals surface area contributed by atoms with Crippen LogP contribution in [0.25, 0.3) is 11.1 Å². The van der Waals surface area contributed by atoms with Gasteiger partial charge in [0.15, 0.2) is 5.78 Å². The van der Waals surface area contributed by atoms with Crippen LogP contribution in [0.1, 0.15) is 55.5 Å². The van der Waals surface area contributed by atoms with E-state index >= 15 is 0 Å². The number of carbonyl (C=O) groups excluding carboxylic acids is 1. The first-order chi connectivity index (χ1) is 10.2. The lowest BCUT2D eigenvalue weighted by molar-refractivity contribution is 0.0980. The zero-order chi connectivity index (χ0) is 15.1. The van der Waals surface area contributed by atoms with Crippen molar-refractivity contribution in [3.05, 3.63) is 59.7 Å². The molecule has 0 atom stereocenters. The van der Waals surface area contributed by atoms with Crippen molar-refractivity contribution < 1.29 is 4.79 Å². The van der Waals surface area contributed by atoms with E-state index in [1.54, 1.807) is 0 Å². The number of hydrogen-bond donors (Lipinski definition) is 0. The van der Waals surface area contributed by atoms with E-state index in [0.717, 1.165) is 24.8 Å². The summed E-state index contributed by atoms with van der Waals surface area (Å²) in [6, 6.07) is 16.7. The fraction of sp³-hybridized carbons (Fsp3) is 0.350. The number of Topliss-reactive ketones (excluding diaryl/α,β-unsaturated/α-hetero) is 1. The molecule has 0 aliphatic carbocycles. The average Bonchev–Trinajstić information content (AvgIpc) is 2.54. The molecule has 2 aromatic carbocycles. The molecule has 0 N–H and O–H groups in total. The van der Waals surface area contributed by atoms with Crippen LogP contribution in [0.15, 0.2) is 48.5 Å². The molecular weight excluding hydrogens is 256 g/mol. The van der Waals surface area contributed by atoms with Gasteiger partial charge in [-0.05, 0) is 29.5 Å². The molecular formula is C20H24O. The molecule has 0 bridgehead atoms. The molecule has 0 aliphatic rings. The predicted molar refractivity (Wildman–Crippen MR) is 89.7 cm³/mol. The van der Waals surface area contributed by atoms with E-state index in [-0.39, 0.29) is 5.78 Å². The van der Waals surface area contributed by atoms with E-state index in [0.29, 0.717) is 6.42 Å². The van der Waals surface area contributed by atoms with Gasteiger partial charge in [-0.1, -0.05) is 75.2 Å². The minimum Gasteiger partial charge on any atom is -0.294 e. The molecule has 0 saturated heterocycles. The smallest absolute Gasteiger partial charge is 0.162 e. The van der Waals surface area contributed by atoms with Crippen LogP contribution in [0.4, 0.5) is 0 Å². The van der Waals surface area contributed by atoms with Crippen molar-refractivity contribution in [3.8, 4) is 11.1 Å². The first kappa shape index (κ1) is 15.5. The van der Waals surface area contributed by atoms with Crippen LogP contribution in [-0.2, 0) is 6.42 Å². The summed E-state index contributed by atoms with van der Waals surface area (Å²) in [6.45, 7) is 4.31. The Morgan fingerprint density at radius 2 is 1.38 bits per heavy atom. The van der Waals surface area contributed by atoms with Gasteiger partial charge < -0.3 is 0 Å². The van der Waals surface area contributed by atoms with Crippen molar-refractivity contribution in [1.82, 2.24) is 0 Å². The second-order valence-electron chi connectivity index (χ2n) is 5.55. The Morgan fingerprint density at radius 1 is 0.810 bits per heavy atom. The van der Waals surface area contributed by atoms with Crippen molar-refractivity contribution >= 4 is 5.78 Å². The summed E-state index contributed by atoms with van der Waals surface area (Å²) >= 11 is 0. The number of aryl methyl sites for hydroxylation is 1. The minimum absolute atomic E-state index is 0.252. The number of ketones is 1. The van der Waals surface area contributed by atoms with Gasteiger partial charge in [0.05, 0.1) is 0 Å². The predicted octanol–water partition coefficient (Wildman–Crippen LogP) is 5.68. The molecule has 110 valence electrons. The highest BCUT2D eigenvalue weighted by Gasteiger charge is 2.05. The van der Waals surface area contributed by atoms with Crippen LogP contribution >= 0.6 is 0 Å². The Hall–Kier alpha value is -1.89. The highest BCUT2D eigenvalue weighted by Crippen LogP contribution is 2.21. The number of benzene rings is 2. The molecule has 2 rings (SSSR count). The van der Waals surface area contributed by atoms with Gasteiger partial charge in [-0.3, -0.25) is 4.79 Å². The van der Waals surface area contributed by atoms with E-state index in [2.05, 4.69) is 38.1 Å². The standard InChI is InChI=1S/C20H24O/c1-3-5-7-20(21)19-14-12-18(13-15-19)17-10-8-16(6-4-2)9-11-17/h8-15H,3-7H2,1-2H3. The summed E-state index contributed by atoms with van der Waals surface area (Å²) in [5, 5.41) is 0. The van der Waals surface area contributed by atoms with Crippen molar-refractivity contribution in [3.63, 3.8) is 0 Å². The third kappa shape index (κ3) is 4.29. The maximum Gasteiger partial charge on any atom is 0.162 e. The topological polar surface area (TPSA) is 17.1 Å². The molecule has 1 nitrogen and oxygen atoms in total. The number of rotatable bonds is 7. The van der Waals surface area contributed by atoms with Gasteiger partial charge in [0, 0.05) is 12.0 Å². The number of unbranched alkanes of at least 4 members (excludes halogenated alkanes) is 1. The van der Waals surface area contributed by atoms with E-state index in [9.17, 15) is 4.79 Å². The van der Waals surface area contributed by atoms with E-state index in [1.807, 2.05) is 24.3 Å². The van der Waals surface area contributed by atoms with Crippen molar-refractivity contribution in [1.29, 1.82) is 0 Å². The lowest BCUT2D eigenvalue weighted by Crippen LogP contribution is -1.98. The van der Waals surface area contributed by atoms with Gasteiger partial charge >= 0.3 is 0 Å². The lowest BCUT2D eigenvalue weighted by atomic mass is 9.99. The zero-order valence-electron chi connectivity index (χ0n) is 13.1. The van der Waals surface area contributed by atoms with Crippen LogP contribution in [0.2, 0.25) is 0 Å². The molecule has 0 fully saturated rings. The minimum atomic E-state index is 0.252. The summed E-state index contributed by atoms with van der Waals surface area (Å²) in [6.07, 6.45) is 4.99. The SMILES string of the molecule is CCCCC(=O)c1ccc(-c2ccc(CCC)cc2)cc1. The first-order valence-electron chi connectivity index (χ1n) is 7.97. The average molecular weight is 280 g/mol. The van der Waals surface area contributed by atoms with Crippen molar-refractivity contribution in [2.75, 3.05) is 0 Å². The molecule has 21 heavy (non-hydrogen) atoms. The molecule has 0 unspecified atom stereocenters. The lowest BCUT2D eigenvalue weighted by Gasteiger charge is -2.05. The Kier molecular flexibility index (Phi) is 5.74. The molecule has 0 heterocycles. The zero-order valence-corrected chi connectivity index (χ0v) is 13.1. The Bertz CT molecular complexity index is 564. The van der Waals surface area contributed by atoms with Crippen molar-refractivity contribution in [2.45, 2.75) is 46.0 Å². The van der Waals surface area contributed by atoms with Gasteiger partial charge in [-0.25, -0.2) is 0 Å². The molecule has 1 heteroatoms. The molecule has 0 aliphatic heterocycles. The molecule has 0 spiro atoms. The Balaban J connectivity index is 2.09. The normalized spacial score (nSPS) is 10.6. The molecule has 0 aromatic heterocycles. The fourth-order valence-corrected chi connectivity index (χ4v) is 2.48.